The second kappa shape index (κ2) is 11.4. The first kappa shape index (κ1) is 25.8. The molecule has 2 amide bonds. The number of nitrogens with zero attached hydrogens (tertiary/aromatic N) is 6. The topological polar surface area (TPSA) is 106 Å². The Kier molecular flexibility index (Phi) is 7.33. The van der Waals surface area contributed by atoms with Gasteiger partial charge in [-0.05, 0) is 48.6 Å². The number of tetrazole rings is 1. The van der Waals surface area contributed by atoms with Crippen molar-refractivity contribution in [3.63, 3.8) is 0 Å². The molecule has 1 saturated carbocycles. The van der Waals surface area contributed by atoms with Crippen LogP contribution in [0.1, 0.15) is 42.2 Å². The number of benzene rings is 2. The first-order valence-electron chi connectivity index (χ1n) is 13.4. The summed E-state index contributed by atoms with van der Waals surface area (Å²) < 4.78 is 0. The maximum atomic E-state index is 14.1. The Morgan fingerprint density at radius 1 is 1.07 bits per heavy atom. The molecule has 3 heterocycles. The summed E-state index contributed by atoms with van der Waals surface area (Å²) in [5.74, 6) is -0.117. The SMILES string of the molecule is Cc1ccc(-c2nnn(CC(=O)N(c3cnc4ccccc4c3)C(C(=O)NC3CCCC3)c3cccs3)n2)cc1. The summed E-state index contributed by atoms with van der Waals surface area (Å²) in [6.45, 7) is 1.82. The van der Waals surface area contributed by atoms with Crippen LogP contribution in [0, 0.1) is 6.92 Å². The molecule has 5 aromatic rings. The van der Waals surface area contributed by atoms with Crippen LogP contribution in [0.15, 0.2) is 78.3 Å². The van der Waals surface area contributed by atoms with E-state index >= 15 is 0 Å². The Morgan fingerprint density at radius 2 is 1.88 bits per heavy atom. The highest BCUT2D eigenvalue weighted by Crippen LogP contribution is 2.33. The maximum Gasteiger partial charge on any atom is 0.251 e. The lowest BCUT2D eigenvalue weighted by Crippen LogP contribution is -2.47. The molecule has 6 rings (SSSR count). The summed E-state index contributed by atoms with van der Waals surface area (Å²) in [5.41, 5.74) is 3.28. The summed E-state index contributed by atoms with van der Waals surface area (Å²) in [5, 5.41) is 18.8. The van der Waals surface area contributed by atoms with E-state index in [1.54, 1.807) is 6.20 Å². The molecule has 9 nitrogen and oxygen atoms in total. The fourth-order valence-corrected chi connectivity index (χ4v) is 5.94. The van der Waals surface area contributed by atoms with Crippen molar-refractivity contribution < 1.29 is 9.59 Å². The molecule has 1 aliphatic rings. The van der Waals surface area contributed by atoms with Gasteiger partial charge in [-0.2, -0.15) is 4.80 Å². The number of rotatable bonds is 8. The van der Waals surface area contributed by atoms with Gasteiger partial charge in [-0.1, -0.05) is 66.9 Å². The quantitative estimate of drug-likeness (QED) is 0.288. The lowest BCUT2D eigenvalue weighted by atomic mass is 10.1. The number of fused-ring (bicyclic) bond motifs is 1. The third-order valence-electron chi connectivity index (χ3n) is 7.18. The molecule has 1 aliphatic carbocycles. The number of aryl methyl sites for hydroxylation is 1. The standard InChI is InChI=1S/C30H29N7O2S/c1-20-12-14-21(15-13-20)29-33-35-36(34-29)19-27(38)37(24-17-22-7-2-5-10-25(22)31-18-24)28(26-11-6-16-40-26)30(39)32-23-8-3-4-9-23/h2,5-7,10-18,23,28H,3-4,8-9,19H2,1H3,(H,32,39). The van der Waals surface area contributed by atoms with Crippen LogP contribution in [-0.2, 0) is 16.1 Å². The molecule has 0 bridgehead atoms. The van der Waals surface area contributed by atoms with Gasteiger partial charge < -0.3 is 5.32 Å². The zero-order valence-electron chi connectivity index (χ0n) is 22.1. The molecule has 0 saturated heterocycles. The zero-order valence-corrected chi connectivity index (χ0v) is 22.9. The number of hydrogen-bond acceptors (Lipinski definition) is 7. The fourth-order valence-electron chi connectivity index (χ4n) is 5.12. The average molecular weight is 552 g/mol. The number of amides is 2. The Labute approximate surface area is 235 Å². The normalized spacial score (nSPS) is 14.3. The number of nitrogens with one attached hydrogen (secondary N) is 1. The Balaban J connectivity index is 1.37. The van der Waals surface area contributed by atoms with Gasteiger partial charge in [0.2, 0.25) is 11.7 Å². The Bertz CT molecular complexity index is 1630. The second-order valence-corrected chi connectivity index (χ2v) is 11.0. The van der Waals surface area contributed by atoms with Crippen molar-refractivity contribution in [1.82, 2.24) is 30.5 Å². The smallest absolute Gasteiger partial charge is 0.251 e. The molecular weight excluding hydrogens is 522 g/mol. The van der Waals surface area contributed by atoms with E-state index in [1.807, 2.05) is 79.0 Å². The number of carbonyl (C=O) groups excluding carboxylic acids is 2. The van der Waals surface area contributed by atoms with Crippen LogP contribution < -0.4 is 10.2 Å². The number of para-hydroxylation sites is 1. The molecule has 1 unspecified atom stereocenters. The van der Waals surface area contributed by atoms with Crippen molar-refractivity contribution >= 4 is 39.7 Å². The number of hydrogen-bond donors (Lipinski definition) is 1. The molecule has 0 radical (unpaired) electrons. The number of carbonyl (C=O) groups is 2. The minimum Gasteiger partial charge on any atom is -0.351 e. The Morgan fingerprint density at radius 3 is 2.65 bits per heavy atom. The summed E-state index contributed by atoms with van der Waals surface area (Å²) in [4.78, 5) is 36.2. The summed E-state index contributed by atoms with van der Waals surface area (Å²) in [7, 11) is 0. The van der Waals surface area contributed by atoms with Crippen molar-refractivity contribution in [2.75, 3.05) is 4.90 Å². The van der Waals surface area contributed by atoms with Gasteiger partial charge in [-0.15, -0.1) is 21.5 Å². The van der Waals surface area contributed by atoms with E-state index in [2.05, 4.69) is 25.7 Å². The van der Waals surface area contributed by atoms with Crippen LogP contribution in [0.3, 0.4) is 0 Å². The van der Waals surface area contributed by atoms with Crippen molar-refractivity contribution in [3.8, 4) is 11.4 Å². The van der Waals surface area contributed by atoms with Crippen LogP contribution in [0.25, 0.3) is 22.3 Å². The molecule has 10 heteroatoms. The van der Waals surface area contributed by atoms with Gasteiger partial charge in [0.05, 0.1) is 17.4 Å². The first-order valence-corrected chi connectivity index (χ1v) is 14.3. The highest BCUT2D eigenvalue weighted by Gasteiger charge is 2.35. The van der Waals surface area contributed by atoms with Gasteiger partial charge in [0.25, 0.3) is 5.91 Å². The van der Waals surface area contributed by atoms with Crippen molar-refractivity contribution in [3.05, 3.63) is 88.7 Å². The van der Waals surface area contributed by atoms with E-state index in [-0.39, 0.29) is 24.4 Å². The molecule has 2 aromatic carbocycles. The second-order valence-electron chi connectivity index (χ2n) is 10.1. The highest BCUT2D eigenvalue weighted by atomic mass is 32.1. The van der Waals surface area contributed by atoms with Crippen molar-refractivity contribution in [2.24, 2.45) is 0 Å². The molecule has 3 aromatic heterocycles. The molecule has 202 valence electrons. The Hall–Kier alpha value is -4.44. The van der Waals surface area contributed by atoms with E-state index in [4.69, 9.17) is 0 Å². The van der Waals surface area contributed by atoms with E-state index in [0.29, 0.717) is 11.5 Å². The minimum absolute atomic E-state index is 0.107. The molecule has 0 spiro atoms. The highest BCUT2D eigenvalue weighted by molar-refractivity contribution is 7.10. The third kappa shape index (κ3) is 5.48. The van der Waals surface area contributed by atoms with Crippen LogP contribution in [-0.4, -0.2) is 43.0 Å². The molecule has 0 aliphatic heterocycles. The predicted molar refractivity (Wildman–Crippen MR) is 155 cm³/mol. The largest absolute Gasteiger partial charge is 0.351 e. The van der Waals surface area contributed by atoms with Crippen LogP contribution in [0.5, 0.6) is 0 Å². The van der Waals surface area contributed by atoms with Gasteiger partial charge in [-0.25, -0.2) is 0 Å². The number of pyridine rings is 1. The van der Waals surface area contributed by atoms with Crippen molar-refractivity contribution in [1.29, 1.82) is 0 Å². The third-order valence-corrected chi connectivity index (χ3v) is 8.11. The maximum absolute atomic E-state index is 14.1. The average Bonchev–Trinajstić information content (AvgIpc) is 3.76. The summed E-state index contributed by atoms with van der Waals surface area (Å²) in [6, 6.07) is 20.4. The van der Waals surface area contributed by atoms with E-state index in [9.17, 15) is 9.59 Å². The van der Waals surface area contributed by atoms with E-state index in [1.165, 1.54) is 21.0 Å². The van der Waals surface area contributed by atoms with Crippen LogP contribution in [0.2, 0.25) is 0 Å². The first-order chi connectivity index (χ1) is 19.5. The zero-order chi connectivity index (χ0) is 27.5. The molecule has 1 atom stereocenters. The number of anilines is 1. The van der Waals surface area contributed by atoms with Gasteiger partial charge in [0, 0.05) is 21.9 Å². The molecule has 1 fully saturated rings. The van der Waals surface area contributed by atoms with E-state index in [0.717, 1.165) is 52.6 Å². The lowest BCUT2D eigenvalue weighted by molar-refractivity contribution is -0.127. The van der Waals surface area contributed by atoms with Gasteiger partial charge in [0.15, 0.2) is 0 Å². The number of thiophene rings is 1. The lowest BCUT2D eigenvalue weighted by Gasteiger charge is -2.31. The van der Waals surface area contributed by atoms with Crippen LogP contribution >= 0.6 is 11.3 Å². The summed E-state index contributed by atoms with van der Waals surface area (Å²) >= 11 is 1.44. The minimum atomic E-state index is -0.865. The molecule has 1 N–H and O–H groups in total. The van der Waals surface area contributed by atoms with Gasteiger partial charge in [-0.3, -0.25) is 19.5 Å². The molecular formula is C30H29N7O2S. The van der Waals surface area contributed by atoms with Crippen molar-refractivity contribution in [2.45, 2.75) is 51.2 Å². The van der Waals surface area contributed by atoms with E-state index < -0.39 is 6.04 Å². The van der Waals surface area contributed by atoms with Gasteiger partial charge in [0.1, 0.15) is 12.6 Å². The summed E-state index contributed by atoms with van der Waals surface area (Å²) in [6.07, 6.45) is 5.72. The van der Waals surface area contributed by atoms with Gasteiger partial charge >= 0.3 is 0 Å². The number of aromatic nitrogens is 5. The molecule has 40 heavy (non-hydrogen) atoms. The predicted octanol–water partition coefficient (Wildman–Crippen LogP) is 5.09. The monoisotopic (exact) mass is 551 g/mol. The van der Waals surface area contributed by atoms with Crippen LogP contribution in [0.4, 0.5) is 5.69 Å². The fraction of sp³-hybridized carbons (Fsp3) is 0.267.